The van der Waals surface area contributed by atoms with Gasteiger partial charge in [-0.1, -0.05) is 254 Å². The number of esters is 3. The average Bonchev–Trinajstić information content (AvgIpc) is 3.34. The number of rotatable bonds is 52. The third-order valence-electron chi connectivity index (χ3n) is 12.4. The minimum absolute atomic E-state index is 0.0755. The molecule has 68 heavy (non-hydrogen) atoms. The Bertz CT molecular complexity index is 1270. The van der Waals surface area contributed by atoms with Crippen LogP contribution in [0.1, 0.15) is 284 Å². The van der Waals surface area contributed by atoms with Gasteiger partial charge in [-0.05, 0) is 83.5 Å². The molecule has 0 heterocycles. The van der Waals surface area contributed by atoms with Crippen LogP contribution in [0.4, 0.5) is 0 Å². The Kier molecular flexibility index (Phi) is 53.8. The molecule has 0 fully saturated rings. The number of carbonyl (C=O) groups excluding carboxylic acids is 3. The number of hydrogen-bond donors (Lipinski definition) is 0. The first kappa shape index (κ1) is 64.8. The molecule has 0 aliphatic rings. The molecule has 0 N–H and O–H groups in total. The maximum Gasteiger partial charge on any atom is 0.306 e. The summed E-state index contributed by atoms with van der Waals surface area (Å²) >= 11 is 0. The van der Waals surface area contributed by atoms with Gasteiger partial charge >= 0.3 is 17.9 Å². The van der Waals surface area contributed by atoms with Gasteiger partial charge in [0.2, 0.25) is 0 Å². The zero-order valence-corrected chi connectivity index (χ0v) is 44.9. The lowest BCUT2D eigenvalue weighted by atomic mass is 10.0. The first-order chi connectivity index (χ1) is 33.5. The average molecular weight is 950 g/mol. The molecule has 392 valence electrons. The normalized spacial score (nSPS) is 12.6. The van der Waals surface area contributed by atoms with Crippen LogP contribution >= 0.6 is 0 Å². The second kappa shape index (κ2) is 56.4. The lowest BCUT2D eigenvalue weighted by Crippen LogP contribution is -2.30. The van der Waals surface area contributed by atoms with Crippen molar-refractivity contribution in [1.29, 1.82) is 0 Å². The smallest absolute Gasteiger partial charge is 0.306 e. The summed E-state index contributed by atoms with van der Waals surface area (Å²) < 4.78 is 16.8. The Morgan fingerprint density at radius 2 is 0.603 bits per heavy atom. The fourth-order valence-electron chi connectivity index (χ4n) is 8.12. The number of hydrogen-bond acceptors (Lipinski definition) is 6. The van der Waals surface area contributed by atoms with Crippen LogP contribution < -0.4 is 0 Å². The molecule has 0 radical (unpaired) electrons. The topological polar surface area (TPSA) is 78.9 Å². The highest BCUT2D eigenvalue weighted by atomic mass is 16.6. The Balaban J connectivity index is 4.11. The summed E-state index contributed by atoms with van der Waals surface area (Å²) in [6.45, 7) is 6.46. The quantitative estimate of drug-likeness (QED) is 0.0262. The van der Waals surface area contributed by atoms with Crippen molar-refractivity contribution in [3.05, 3.63) is 72.9 Å². The van der Waals surface area contributed by atoms with Crippen molar-refractivity contribution in [3.63, 3.8) is 0 Å². The summed E-state index contributed by atoms with van der Waals surface area (Å²) in [7, 11) is 0. The zero-order valence-electron chi connectivity index (χ0n) is 44.9. The molecule has 6 heteroatoms. The van der Waals surface area contributed by atoms with Crippen LogP contribution in [0.3, 0.4) is 0 Å². The Morgan fingerprint density at radius 1 is 0.309 bits per heavy atom. The van der Waals surface area contributed by atoms with Crippen molar-refractivity contribution in [2.45, 2.75) is 290 Å². The van der Waals surface area contributed by atoms with Crippen molar-refractivity contribution in [2.75, 3.05) is 13.2 Å². The monoisotopic (exact) mass is 949 g/mol. The van der Waals surface area contributed by atoms with Gasteiger partial charge in [0.25, 0.3) is 0 Å². The molecule has 0 rings (SSSR count). The van der Waals surface area contributed by atoms with Crippen LogP contribution in [0.2, 0.25) is 0 Å². The van der Waals surface area contributed by atoms with Gasteiger partial charge in [0.05, 0.1) is 0 Å². The molecule has 0 saturated heterocycles. The van der Waals surface area contributed by atoms with E-state index < -0.39 is 6.10 Å². The van der Waals surface area contributed by atoms with Crippen molar-refractivity contribution >= 4 is 17.9 Å². The Morgan fingerprint density at radius 3 is 0.971 bits per heavy atom. The highest BCUT2D eigenvalue weighted by Gasteiger charge is 2.19. The van der Waals surface area contributed by atoms with Gasteiger partial charge in [-0.25, -0.2) is 0 Å². The van der Waals surface area contributed by atoms with Crippen molar-refractivity contribution in [1.82, 2.24) is 0 Å². The molecule has 0 aromatic rings. The molecule has 0 aromatic heterocycles. The van der Waals surface area contributed by atoms with Gasteiger partial charge in [0.1, 0.15) is 13.2 Å². The van der Waals surface area contributed by atoms with E-state index >= 15 is 0 Å². The zero-order chi connectivity index (χ0) is 49.3. The van der Waals surface area contributed by atoms with Crippen LogP contribution in [0, 0.1) is 0 Å². The van der Waals surface area contributed by atoms with E-state index in [0.717, 1.165) is 103 Å². The standard InChI is InChI=1S/C62H108O6/c1-4-7-10-13-16-19-22-23-24-25-26-27-28-29-30-31-32-33-34-35-36-37-38-39-41-43-46-49-52-55-61(64)67-58-59(57-66-60(63)54-51-48-45-42-21-18-15-12-9-6-3)68-62(65)56-53-50-47-44-40-20-17-14-11-8-5-2/h7,10,12,15-16,19,23-24,26-27,29-30,59H,4-6,8-9,11,13-14,17-18,20-22,25,28,31-58H2,1-3H3/b10-7-,15-12-,19-16-,24-23-,27-26-,30-29-. The van der Waals surface area contributed by atoms with Crippen LogP contribution in [0.15, 0.2) is 72.9 Å². The predicted octanol–water partition coefficient (Wildman–Crippen LogP) is 19.4. The van der Waals surface area contributed by atoms with Gasteiger partial charge in [-0.3, -0.25) is 14.4 Å². The second-order valence-electron chi connectivity index (χ2n) is 19.2. The minimum Gasteiger partial charge on any atom is -0.462 e. The van der Waals surface area contributed by atoms with Crippen LogP contribution in [0.25, 0.3) is 0 Å². The number of allylic oxidation sites excluding steroid dienone is 12. The lowest BCUT2D eigenvalue weighted by molar-refractivity contribution is -0.167. The Labute approximate surface area is 421 Å². The van der Waals surface area contributed by atoms with E-state index in [1.807, 2.05) is 0 Å². The van der Waals surface area contributed by atoms with Gasteiger partial charge in [-0.2, -0.15) is 0 Å². The van der Waals surface area contributed by atoms with Crippen molar-refractivity contribution in [2.24, 2.45) is 0 Å². The molecule has 6 nitrogen and oxygen atoms in total. The van der Waals surface area contributed by atoms with E-state index in [9.17, 15) is 14.4 Å². The van der Waals surface area contributed by atoms with E-state index in [2.05, 4.69) is 93.7 Å². The first-order valence-electron chi connectivity index (χ1n) is 28.9. The van der Waals surface area contributed by atoms with Gasteiger partial charge in [-0.15, -0.1) is 0 Å². The van der Waals surface area contributed by atoms with E-state index in [-0.39, 0.29) is 31.1 Å². The van der Waals surface area contributed by atoms with Crippen LogP contribution in [-0.2, 0) is 28.6 Å². The number of carbonyl (C=O) groups is 3. The van der Waals surface area contributed by atoms with Gasteiger partial charge in [0.15, 0.2) is 6.10 Å². The molecule has 0 bridgehead atoms. The van der Waals surface area contributed by atoms with Crippen LogP contribution in [-0.4, -0.2) is 37.2 Å². The second-order valence-corrected chi connectivity index (χ2v) is 19.2. The molecule has 0 spiro atoms. The fraction of sp³-hybridized carbons (Fsp3) is 0.758. The predicted molar refractivity (Wildman–Crippen MR) is 293 cm³/mol. The summed E-state index contributed by atoms with van der Waals surface area (Å²) in [6, 6.07) is 0. The molecule has 0 aromatic carbocycles. The molecule has 1 atom stereocenters. The molecule has 0 saturated carbocycles. The summed E-state index contributed by atoms with van der Waals surface area (Å²) in [5.74, 6) is -0.881. The molecule has 0 aliphatic heterocycles. The molecule has 1 unspecified atom stereocenters. The molecule has 0 aliphatic carbocycles. The van der Waals surface area contributed by atoms with E-state index in [4.69, 9.17) is 14.2 Å². The minimum atomic E-state index is -0.774. The third-order valence-corrected chi connectivity index (χ3v) is 12.4. The number of unbranched alkanes of at least 4 members (excludes halogenated alkanes) is 29. The summed E-state index contributed by atoms with van der Waals surface area (Å²) in [4.78, 5) is 38.0. The lowest BCUT2D eigenvalue weighted by Gasteiger charge is -2.18. The van der Waals surface area contributed by atoms with Crippen LogP contribution in [0.5, 0.6) is 0 Å². The van der Waals surface area contributed by atoms with Gasteiger partial charge in [0, 0.05) is 19.3 Å². The van der Waals surface area contributed by atoms with Crippen molar-refractivity contribution < 1.29 is 28.6 Å². The van der Waals surface area contributed by atoms with Gasteiger partial charge < -0.3 is 14.2 Å². The largest absolute Gasteiger partial charge is 0.462 e. The summed E-state index contributed by atoms with van der Waals surface area (Å²) in [6.07, 6.45) is 72.0. The fourth-order valence-corrected chi connectivity index (χ4v) is 8.12. The number of ether oxygens (including phenoxy) is 3. The Hall–Kier alpha value is -3.15. The summed E-state index contributed by atoms with van der Waals surface area (Å²) in [5, 5.41) is 0. The van der Waals surface area contributed by atoms with E-state index in [1.54, 1.807) is 0 Å². The highest BCUT2D eigenvalue weighted by molar-refractivity contribution is 5.71. The molecular formula is C62H108O6. The molecular weight excluding hydrogens is 841 g/mol. The van der Waals surface area contributed by atoms with E-state index in [0.29, 0.717) is 19.3 Å². The SMILES string of the molecule is CC/C=C\C/C=C\C/C=C\C/C=C\C/C=C\CCCCCCCCCCCCCCCC(=O)OCC(COC(=O)CCCCCCC/C=C\CCC)OC(=O)CCCCCCCCCCCCC. The maximum absolute atomic E-state index is 12.8. The molecule has 0 amide bonds. The van der Waals surface area contributed by atoms with Crippen molar-refractivity contribution in [3.8, 4) is 0 Å². The first-order valence-corrected chi connectivity index (χ1v) is 28.9. The van der Waals surface area contributed by atoms with E-state index in [1.165, 1.54) is 141 Å². The summed E-state index contributed by atoms with van der Waals surface area (Å²) in [5.41, 5.74) is 0. The maximum atomic E-state index is 12.8. The third kappa shape index (κ3) is 53.8. The highest BCUT2D eigenvalue weighted by Crippen LogP contribution is 2.16.